The summed E-state index contributed by atoms with van der Waals surface area (Å²) in [4.78, 5) is 13.5. The fourth-order valence-electron chi connectivity index (χ4n) is 2.70. The summed E-state index contributed by atoms with van der Waals surface area (Å²) in [5, 5.41) is 3.14. The van der Waals surface area contributed by atoms with Gasteiger partial charge in [0.25, 0.3) is 5.91 Å². The Morgan fingerprint density at radius 1 is 1.35 bits per heavy atom. The minimum Gasteiger partial charge on any atom is -0.469 e. The standard InChI is InChI=1S/C16H17NO2S/c1-20-15-8-3-2-5-12(15)16(18)17-13-6-4-7-14-11(13)9-10-19-14/h2-3,5,8-10,13H,4,6-7H2,1H3,(H,17,18). The van der Waals surface area contributed by atoms with Gasteiger partial charge >= 0.3 is 0 Å². The molecular formula is C16H17NO2S. The fourth-order valence-corrected chi connectivity index (χ4v) is 3.30. The molecule has 0 saturated carbocycles. The van der Waals surface area contributed by atoms with Crippen molar-refractivity contribution in [2.24, 2.45) is 0 Å². The van der Waals surface area contributed by atoms with Gasteiger partial charge in [0.05, 0.1) is 17.9 Å². The van der Waals surface area contributed by atoms with Gasteiger partial charge in [-0.2, -0.15) is 0 Å². The number of amides is 1. The minimum atomic E-state index is -0.00556. The molecule has 0 saturated heterocycles. The molecule has 0 spiro atoms. The number of carbonyl (C=O) groups excluding carboxylic acids is 1. The topological polar surface area (TPSA) is 42.2 Å². The van der Waals surface area contributed by atoms with Gasteiger partial charge in [-0.1, -0.05) is 12.1 Å². The molecule has 1 aromatic heterocycles. The Balaban J connectivity index is 1.81. The maximum Gasteiger partial charge on any atom is 0.252 e. The molecule has 2 aromatic rings. The Hall–Kier alpha value is -1.68. The van der Waals surface area contributed by atoms with E-state index in [9.17, 15) is 4.79 Å². The highest BCUT2D eigenvalue weighted by Crippen LogP contribution is 2.31. The van der Waals surface area contributed by atoms with E-state index in [4.69, 9.17) is 4.42 Å². The first-order chi connectivity index (χ1) is 9.79. The minimum absolute atomic E-state index is 0.00556. The lowest BCUT2D eigenvalue weighted by Crippen LogP contribution is -2.30. The predicted molar refractivity (Wildman–Crippen MR) is 80.1 cm³/mol. The molecule has 104 valence electrons. The maximum atomic E-state index is 12.5. The van der Waals surface area contributed by atoms with Crippen molar-refractivity contribution in [2.75, 3.05) is 6.26 Å². The first-order valence-electron chi connectivity index (χ1n) is 6.79. The number of furan rings is 1. The van der Waals surface area contributed by atoms with Crippen molar-refractivity contribution in [3.05, 3.63) is 53.5 Å². The average Bonchev–Trinajstić information content (AvgIpc) is 2.96. The number of nitrogens with one attached hydrogen (secondary N) is 1. The number of hydrogen-bond donors (Lipinski definition) is 1. The molecule has 1 aliphatic carbocycles. The summed E-state index contributed by atoms with van der Waals surface area (Å²) < 4.78 is 5.46. The van der Waals surface area contributed by atoms with Crippen molar-refractivity contribution in [1.82, 2.24) is 5.32 Å². The number of thioether (sulfide) groups is 1. The molecule has 1 unspecified atom stereocenters. The van der Waals surface area contributed by atoms with Crippen LogP contribution in [-0.2, 0) is 6.42 Å². The Morgan fingerprint density at radius 2 is 2.20 bits per heavy atom. The van der Waals surface area contributed by atoms with E-state index in [1.807, 2.05) is 36.6 Å². The second-order valence-corrected chi connectivity index (χ2v) is 5.77. The van der Waals surface area contributed by atoms with Crippen LogP contribution in [0.2, 0.25) is 0 Å². The third-order valence-electron chi connectivity index (χ3n) is 3.71. The Bertz CT molecular complexity index is 620. The van der Waals surface area contributed by atoms with Gasteiger partial charge in [-0.25, -0.2) is 0 Å². The number of benzene rings is 1. The van der Waals surface area contributed by atoms with Crippen molar-refractivity contribution in [3.63, 3.8) is 0 Å². The summed E-state index contributed by atoms with van der Waals surface area (Å²) in [5.74, 6) is 1.01. The molecule has 1 N–H and O–H groups in total. The van der Waals surface area contributed by atoms with Gasteiger partial charge in [-0.05, 0) is 37.3 Å². The molecule has 0 bridgehead atoms. The molecule has 0 aliphatic heterocycles. The number of carbonyl (C=O) groups is 1. The molecule has 3 rings (SSSR count). The summed E-state index contributed by atoms with van der Waals surface area (Å²) in [5.41, 5.74) is 1.88. The van der Waals surface area contributed by atoms with Gasteiger partial charge in [0.2, 0.25) is 0 Å². The molecule has 3 nitrogen and oxygen atoms in total. The van der Waals surface area contributed by atoms with Crippen molar-refractivity contribution >= 4 is 17.7 Å². The van der Waals surface area contributed by atoms with Crippen LogP contribution in [0.15, 0.2) is 45.9 Å². The van der Waals surface area contributed by atoms with Gasteiger partial charge < -0.3 is 9.73 Å². The van der Waals surface area contributed by atoms with E-state index >= 15 is 0 Å². The number of hydrogen-bond acceptors (Lipinski definition) is 3. The van der Waals surface area contributed by atoms with Crippen molar-refractivity contribution in [1.29, 1.82) is 0 Å². The third-order valence-corrected chi connectivity index (χ3v) is 4.50. The summed E-state index contributed by atoms with van der Waals surface area (Å²) in [6, 6.07) is 9.75. The highest BCUT2D eigenvalue weighted by molar-refractivity contribution is 7.98. The van der Waals surface area contributed by atoms with E-state index in [0.29, 0.717) is 0 Å². The van der Waals surface area contributed by atoms with E-state index in [-0.39, 0.29) is 11.9 Å². The lowest BCUT2D eigenvalue weighted by molar-refractivity contribution is 0.0929. The van der Waals surface area contributed by atoms with Crippen LogP contribution >= 0.6 is 11.8 Å². The molecular weight excluding hydrogens is 270 g/mol. The second kappa shape index (κ2) is 5.75. The van der Waals surface area contributed by atoms with E-state index < -0.39 is 0 Å². The van der Waals surface area contributed by atoms with Gasteiger partial charge in [-0.3, -0.25) is 4.79 Å². The summed E-state index contributed by atoms with van der Waals surface area (Å²) >= 11 is 1.59. The van der Waals surface area contributed by atoms with Crippen LogP contribution in [0.4, 0.5) is 0 Å². The van der Waals surface area contributed by atoms with Gasteiger partial charge in [0.1, 0.15) is 5.76 Å². The van der Waals surface area contributed by atoms with Crippen LogP contribution in [0.5, 0.6) is 0 Å². The number of aryl methyl sites for hydroxylation is 1. The van der Waals surface area contributed by atoms with Crippen LogP contribution in [0.1, 0.15) is 40.6 Å². The zero-order valence-electron chi connectivity index (χ0n) is 11.4. The summed E-state index contributed by atoms with van der Waals surface area (Å²) in [6.45, 7) is 0. The summed E-state index contributed by atoms with van der Waals surface area (Å²) in [6.07, 6.45) is 6.69. The van der Waals surface area contributed by atoms with Crippen molar-refractivity contribution in [3.8, 4) is 0 Å². The van der Waals surface area contributed by atoms with Gasteiger partial charge in [-0.15, -0.1) is 11.8 Å². The van der Waals surface area contributed by atoms with E-state index in [2.05, 4.69) is 5.32 Å². The largest absolute Gasteiger partial charge is 0.469 e. The SMILES string of the molecule is CSc1ccccc1C(=O)NC1CCCc2occc21. The van der Waals surface area contributed by atoms with Gasteiger partial charge in [0, 0.05) is 16.9 Å². The Morgan fingerprint density at radius 3 is 3.05 bits per heavy atom. The molecule has 0 radical (unpaired) electrons. The third kappa shape index (κ3) is 2.48. The molecule has 1 amide bonds. The Kier molecular flexibility index (Phi) is 3.83. The van der Waals surface area contributed by atoms with E-state index in [1.165, 1.54) is 0 Å². The molecule has 1 aliphatic rings. The lowest BCUT2D eigenvalue weighted by atomic mass is 9.93. The number of fused-ring (bicyclic) bond motifs is 1. The average molecular weight is 287 g/mol. The zero-order valence-corrected chi connectivity index (χ0v) is 12.2. The van der Waals surface area contributed by atoms with Crippen LogP contribution in [0.25, 0.3) is 0 Å². The monoisotopic (exact) mass is 287 g/mol. The lowest BCUT2D eigenvalue weighted by Gasteiger charge is -2.23. The normalized spacial score (nSPS) is 17.6. The predicted octanol–water partition coefficient (Wildman–Crippen LogP) is 3.81. The van der Waals surface area contributed by atoms with Crippen LogP contribution < -0.4 is 5.32 Å². The molecule has 1 atom stereocenters. The number of rotatable bonds is 3. The summed E-state index contributed by atoms with van der Waals surface area (Å²) in [7, 11) is 0. The molecule has 0 fully saturated rings. The smallest absolute Gasteiger partial charge is 0.252 e. The van der Waals surface area contributed by atoms with Crippen LogP contribution in [0, 0.1) is 0 Å². The van der Waals surface area contributed by atoms with E-state index in [1.54, 1.807) is 18.0 Å². The first-order valence-corrected chi connectivity index (χ1v) is 8.02. The zero-order chi connectivity index (χ0) is 13.9. The van der Waals surface area contributed by atoms with Gasteiger partial charge in [0.15, 0.2) is 0 Å². The molecule has 1 aromatic carbocycles. The second-order valence-electron chi connectivity index (χ2n) is 4.92. The highest BCUT2D eigenvalue weighted by Gasteiger charge is 2.24. The Labute approximate surface area is 122 Å². The van der Waals surface area contributed by atoms with Crippen LogP contribution in [-0.4, -0.2) is 12.2 Å². The fraction of sp³-hybridized carbons (Fsp3) is 0.312. The molecule has 4 heteroatoms. The quantitative estimate of drug-likeness (QED) is 0.873. The molecule has 1 heterocycles. The maximum absolute atomic E-state index is 12.5. The van der Waals surface area contributed by atoms with Crippen LogP contribution in [0.3, 0.4) is 0 Å². The molecule has 20 heavy (non-hydrogen) atoms. The highest BCUT2D eigenvalue weighted by atomic mass is 32.2. The van der Waals surface area contributed by atoms with Crippen molar-refractivity contribution in [2.45, 2.75) is 30.2 Å². The van der Waals surface area contributed by atoms with Crippen molar-refractivity contribution < 1.29 is 9.21 Å². The van der Waals surface area contributed by atoms with E-state index in [0.717, 1.165) is 41.0 Å². The first kappa shape index (κ1) is 13.3.